The summed E-state index contributed by atoms with van der Waals surface area (Å²) in [5.74, 6) is 0.565. The second-order valence-corrected chi connectivity index (χ2v) is 5.77. The van der Waals surface area contributed by atoms with Gasteiger partial charge in [-0.3, -0.25) is 4.90 Å². The molecule has 0 amide bonds. The fourth-order valence-corrected chi connectivity index (χ4v) is 2.77. The number of nitrogens with two attached hydrogens (primary N) is 1. The Morgan fingerprint density at radius 3 is 2.61 bits per heavy atom. The van der Waals surface area contributed by atoms with Crippen molar-refractivity contribution in [3.05, 3.63) is 0 Å². The Hall–Kier alpha value is -0.160. The van der Waals surface area contributed by atoms with E-state index >= 15 is 0 Å². The van der Waals surface area contributed by atoms with Gasteiger partial charge in [-0.25, -0.2) is 0 Å². The minimum atomic E-state index is 0.0383. The minimum Gasteiger partial charge on any atom is -0.395 e. The lowest BCUT2D eigenvalue weighted by Gasteiger charge is -2.35. The van der Waals surface area contributed by atoms with Gasteiger partial charge < -0.3 is 15.6 Å². The molecular formula is C14H30N2O2. The lowest BCUT2D eigenvalue weighted by Crippen LogP contribution is -2.52. The molecule has 0 spiro atoms. The lowest BCUT2D eigenvalue weighted by atomic mass is 9.97. The molecule has 3 N–H and O–H groups in total. The van der Waals surface area contributed by atoms with E-state index in [-0.39, 0.29) is 18.7 Å². The largest absolute Gasteiger partial charge is 0.395 e. The van der Waals surface area contributed by atoms with Gasteiger partial charge in [0, 0.05) is 25.2 Å². The third kappa shape index (κ3) is 4.84. The van der Waals surface area contributed by atoms with Crippen LogP contribution in [-0.4, -0.2) is 54.5 Å². The summed E-state index contributed by atoms with van der Waals surface area (Å²) in [7, 11) is 0. The second kappa shape index (κ2) is 8.10. The van der Waals surface area contributed by atoms with Crippen LogP contribution in [0, 0.1) is 5.92 Å². The van der Waals surface area contributed by atoms with Crippen LogP contribution in [0.15, 0.2) is 0 Å². The van der Waals surface area contributed by atoms with Crippen LogP contribution in [0.1, 0.15) is 40.0 Å². The molecule has 1 heterocycles. The number of hydrogen-bond acceptors (Lipinski definition) is 4. The molecule has 0 aromatic heterocycles. The van der Waals surface area contributed by atoms with Crippen LogP contribution in [0.4, 0.5) is 0 Å². The van der Waals surface area contributed by atoms with Gasteiger partial charge in [0.2, 0.25) is 0 Å². The first-order valence-corrected chi connectivity index (χ1v) is 7.30. The molecule has 1 fully saturated rings. The van der Waals surface area contributed by atoms with Crippen molar-refractivity contribution in [2.45, 2.75) is 58.2 Å². The number of ether oxygens (including phenoxy) is 1. The summed E-state index contributed by atoms with van der Waals surface area (Å²) in [6.45, 7) is 9.29. The van der Waals surface area contributed by atoms with E-state index < -0.39 is 0 Å². The maximum absolute atomic E-state index is 9.62. The van der Waals surface area contributed by atoms with Crippen molar-refractivity contribution in [3.8, 4) is 0 Å². The molecule has 0 bridgehead atoms. The number of likely N-dealkylation sites (N-methyl/N-ethyl adjacent to an activating group) is 1. The van der Waals surface area contributed by atoms with Crippen molar-refractivity contribution < 1.29 is 9.84 Å². The number of aliphatic hydroxyl groups is 1. The standard InChI is InChI=1S/C14H30N2O2/c1-4-16(9-12-6-5-7-18-12)14(10-17)13(15)8-11(2)3/h11-14,17H,4-10,15H2,1-3H3. The molecule has 18 heavy (non-hydrogen) atoms. The van der Waals surface area contributed by atoms with E-state index in [0.717, 1.165) is 39.0 Å². The van der Waals surface area contributed by atoms with Gasteiger partial charge >= 0.3 is 0 Å². The van der Waals surface area contributed by atoms with Crippen LogP contribution in [0.2, 0.25) is 0 Å². The number of rotatable bonds is 8. The van der Waals surface area contributed by atoms with Crippen molar-refractivity contribution in [2.75, 3.05) is 26.3 Å². The zero-order chi connectivity index (χ0) is 13.5. The van der Waals surface area contributed by atoms with Crippen molar-refractivity contribution in [1.82, 2.24) is 4.90 Å². The molecule has 1 aliphatic heterocycles. The Balaban J connectivity index is 2.52. The summed E-state index contributed by atoms with van der Waals surface area (Å²) in [6, 6.07) is 0.0953. The molecule has 1 aliphatic rings. The first-order chi connectivity index (χ1) is 8.58. The number of nitrogens with zero attached hydrogens (tertiary/aromatic N) is 1. The van der Waals surface area contributed by atoms with Crippen LogP contribution in [0.25, 0.3) is 0 Å². The Morgan fingerprint density at radius 1 is 1.44 bits per heavy atom. The summed E-state index contributed by atoms with van der Waals surface area (Å²) in [5, 5.41) is 9.62. The number of hydrogen-bond donors (Lipinski definition) is 2. The highest BCUT2D eigenvalue weighted by atomic mass is 16.5. The van der Waals surface area contributed by atoms with Gasteiger partial charge in [0.1, 0.15) is 0 Å². The molecule has 0 aromatic rings. The van der Waals surface area contributed by atoms with Gasteiger partial charge in [0.25, 0.3) is 0 Å². The molecule has 1 rings (SSSR count). The van der Waals surface area contributed by atoms with Crippen LogP contribution < -0.4 is 5.73 Å². The number of aliphatic hydroxyl groups excluding tert-OH is 1. The highest BCUT2D eigenvalue weighted by molar-refractivity contribution is 4.84. The van der Waals surface area contributed by atoms with E-state index in [9.17, 15) is 5.11 Å². The van der Waals surface area contributed by atoms with E-state index in [4.69, 9.17) is 10.5 Å². The average molecular weight is 258 g/mol. The predicted octanol–water partition coefficient (Wildman–Crippen LogP) is 1.22. The molecule has 4 nitrogen and oxygen atoms in total. The molecular weight excluding hydrogens is 228 g/mol. The smallest absolute Gasteiger partial charge is 0.0702 e. The van der Waals surface area contributed by atoms with Gasteiger partial charge in [-0.2, -0.15) is 0 Å². The molecule has 0 saturated carbocycles. The summed E-state index contributed by atoms with van der Waals surface area (Å²) < 4.78 is 5.68. The molecule has 4 heteroatoms. The molecule has 3 unspecified atom stereocenters. The highest BCUT2D eigenvalue weighted by Gasteiger charge is 2.27. The monoisotopic (exact) mass is 258 g/mol. The van der Waals surface area contributed by atoms with E-state index in [1.165, 1.54) is 0 Å². The van der Waals surface area contributed by atoms with Crippen LogP contribution in [0.5, 0.6) is 0 Å². The van der Waals surface area contributed by atoms with Crippen molar-refractivity contribution >= 4 is 0 Å². The van der Waals surface area contributed by atoms with Crippen molar-refractivity contribution in [2.24, 2.45) is 11.7 Å². The van der Waals surface area contributed by atoms with Gasteiger partial charge in [-0.15, -0.1) is 0 Å². The van der Waals surface area contributed by atoms with E-state index in [1.54, 1.807) is 0 Å². The van der Waals surface area contributed by atoms with Gasteiger partial charge in [0.05, 0.1) is 12.7 Å². The van der Waals surface area contributed by atoms with E-state index in [0.29, 0.717) is 12.0 Å². The van der Waals surface area contributed by atoms with Gasteiger partial charge in [-0.05, 0) is 31.7 Å². The van der Waals surface area contributed by atoms with Crippen LogP contribution in [0.3, 0.4) is 0 Å². The average Bonchev–Trinajstić information content (AvgIpc) is 2.80. The molecule has 3 atom stereocenters. The van der Waals surface area contributed by atoms with E-state index in [1.807, 2.05) is 0 Å². The first-order valence-electron chi connectivity index (χ1n) is 7.30. The Labute approximate surface area is 111 Å². The minimum absolute atomic E-state index is 0.0383. The quantitative estimate of drug-likeness (QED) is 0.687. The fourth-order valence-electron chi connectivity index (χ4n) is 2.77. The summed E-state index contributed by atoms with van der Waals surface area (Å²) in [6.07, 6.45) is 3.57. The Bertz CT molecular complexity index is 218. The van der Waals surface area contributed by atoms with Crippen LogP contribution in [-0.2, 0) is 4.74 Å². The van der Waals surface area contributed by atoms with Gasteiger partial charge in [-0.1, -0.05) is 20.8 Å². The molecule has 0 aromatic carbocycles. The third-order valence-corrected chi connectivity index (χ3v) is 3.76. The Kier molecular flexibility index (Phi) is 7.15. The predicted molar refractivity (Wildman–Crippen MR) is 74.5 cm³/mol. The summed E-state index contributed by atoms with van der Waals surface area (Å²) >= 11 is 0. The molecule has 108 valence electrons. The van der Waals surface area contributed by atoms with Crippen LogP contribution >= 0.6 is 0 Å². The topological polar surface area (TPSA) is 58.7 Å². The Morgan fingerprint density at radius 2 is 2.17 bits per heavy atom. The molecule has 0 aliphatic carbocycles. The van der Waals surface area contributed by atoms with Gasteiger partial charge in [0.15, 0.2) is 0 Å². The second-order valence-electron chi connectivity index (χ2n) is 5.77. The first kappa shape index (κ1) is 15.9. The highest BCUT2D eigenvalue weighted by Crippen LogP contribution is 2.17. The zero-order valence-electron chi connectivity index (χ0n) is 12.1. The maximum atomic E-state index is 9.62. The zero-order valence-corrected chi connectivity index (χ0v) is 12.1. The normalized spacial score (nSPS) is 23.8. The lowest BCUT2D eigenvalue weighted by molar-refractivity contribution is 0.0352. The SMILES string of the molecule is CCN(CC1CCCO1)C(CO)C(N)CC(C)C. The molecule has 0 radical (unpaired) electrons. The maximum Gasteiger partial charge on any atom is 0.0702 e. The summed E-state index contributed by atoms with van der Waals surface area (Å²) in [4.78, 5) is 2.28. The van der Waals surface area contributed by atoms with E-state index in [2.05, 4.69) is 25.7 Å². The van der Waals surface area contributed by atoms with Crippen molar-refractivity contribution in [3.63, 3.8) is 0 Å². The van der Waals surface area contributed by atoms with Crippen molar-refractivity contribution in [1.29, 1.82) is 0 Å². The fraction of sp³-hybridized carbons (Fsp3) is 1.00. The molecule has 1 saturated heterocycles. The summed E-state index contributed by atoms with van der Waals surface area (Å²) in [5.41, 5.74) is 6.24. The third-order valence-electron chi connectivity index (χ3n) is 3.76.